The van der Waals surface area contributed by atoms with E-state index >= 15 is 0 Å². The molecule has 1 saturated carbocycles. The molecule has 0 aromatic carbocycles. The van der Waals surface area contributed by atoms with Crippen LogP contribution in [-0.2, 0) is 0 Å². The summed E-state index contributed by atoms with van der Waals surface area (Å²) in [5, 5.41) is 15.1. The Morgan fingerprint density at radius 3 is 3.00 bits per heavy atom. The zero-order valence-electron chi connectivity index (χ0n) is 11.2. The molecule has 3 N–H and O–H groups in total. The molecule has 1 heterocycles. The van der Waals surface area contributed by atoms with Gasteiger partial charge in [-0.1, -0.05) is 12.8 Å². The minimum Gasteiger partial charge on any atom is -0.396 e. The predicted octanol–water partition coefficient (Wildman–Crippen LogP) is 2.06. The van der Waals surface area contributed by atoms with Crippen LogP contribution in [0.2, 0.25) is 0 Å². The van der Waals surface area contributed by atoms with Gasteiger partial charge in [-0.05, 0) is 31.4 Å². The predicted molar refractivity (Wildman–Crippen MR) is 74.0 cm³/mol. The first-order valence-corrected chi connectivity index (χ1v) is 6.79. The molecule has 2 rings (SSSR count). The highest BCUT2D eigenvalue weighted by atomic mass is 16.3. The highest BCUT2D eigenvalue weighted by Gasteiger charge is 2.25. The molecule has 0 radical (unpaired) electrons. The molecule has 1 aromatic rings. The Balaban J connectivity index is 1.92. The number of anilines is 1. The van der Waals surface area contributed by atoms with E-state index < -0.39 is 0 Å². The Kier molecular flexibility index (Phi) is 4.74. The monoisotopic (exact) mass is 263 g/mol. The molecule has 19 heavy (non-hydrogen) atoms. The van der Waals surface area contributed by atoms with Gasteiger partial charge in [0.1, 0.15) is 0 Å². The van der Waals surface area contributed by atoms with Gasteiger partial charge in [0.25, 0.3) is 0 Å². The van der Waals surface area contributed by atoms with Crippen molar-refractivity contribution in [3.8, 4) is 0 Å². The molecule has 1 aromatic heterocycles. The number of aryl methyl sites for hydroxylation is 1. The van der Waals surface area contributed by atoms with Gasteiger partial charge in [-0.3, -0.25) is 4.98 Å². The standard InChI is InChI=1S/C14H21N3O2/c1-10-8-15-7-6-12(10)16-14(19)17-13-5-3-2-4-11(13)9-18/h6-8,11,13,18H,2-5,9H2,1H3,(H2,15,16,17,19)/t11-,13+/m1/s1. The van der Waals surface area contributed by atoms with Gasteiger partial charge in [0.2, 0.25) is 0 Å². The summed E-state index contributed by atoms with van der Waals surface area (Å²) in [6.45, 7) is 2.04. The quantitative estimate of drug-likeness (QED) is 0.781. The molecule has 0 aliphatic heterocycles. The van der Waals surface area contributed by atoms with Crippen LogP contribution in [0.1, 0.15) is 31.2 Å². The molecule has 0 saturated heterocycles. The summed E-state index contributed by atoms with van der Waals surface area (Å²) in [7, 11) is 0. The molecule has 2 atom stereocenters. The van der Waals surface area contributed by atoms with Crippen LogP contribution in [0.25, 0.3) is 0 Å². The van der Waals surface area contributed by atoms with Crippen molar-refractivity contribution in [1.82, 2.24) is 10.3 Å². The molecule has 104 valence electrons. The Bertz CT molecular complexity index is 436. The molecule has 5 nitrogen and oxygen atoms in total. The van der Waals surface area contributed by atoms with E-state index in [4.69, 9.17) is 0 Å². The lowest BCUT2D eigenvalue weighted by Crippen LogP contribution is -2.45. The van der Waals surface area contributed by atoms with Crippen LogP contribution in [0.3, 0.4) is 0 Å². The number of carbonyl (C=O) groups is 1. The van der Waals surface area contributed by atoms with E-state index in [1.54, 1.807) is 18.5 Å². The number of rotatable bonds is 3. The van der Waals surface area contributed by atoms with Crippen LogP contribution in [0.5, 0.6) is 0 Å². The summed E-state index contributed by atoms with van der Waals surface area (Å²) < 4.78 is 0. The number of pyridine rings is 1. The molecule has 1 aliphatic rings. The number of nitrogens with zero attached hydrogens (tertiary/aromatic N) is 1. The van der Waals surface area contributed by atoms with E-state index in [9.17, 15) is 9.90 Å². The number of aromatic nitrogens is 1. The molecule has 2 amide bonds. The average molecular weight is 263 g/mol. The SMILES string of the molecule is Cc1cnccc1NC(=O)N[C@H]1CCCC[C@@H]1CO. The Morgan fingerprint density at radius 2 is 2.26 bits per heavy atom. The molecule has 0 unspecified atom stereocenters. The van der Waals surface area contributed by atoms with Crippen LogP contribution < -0.4 is 10.6 Å². The van der Waals surface area contributed by atoms with Crippen LogP contribution in [-0.4, -0.2) is 28.8 Å². The molecular formula is C14H21N3O2. The zero-order chi connectivity index (χ0) is 13.7. The number of hydrogen-bond donors (Lipinski definition) is 3. The maximum absolute atomic E-state index is 12.0. The topological polar surface area (TPSA) is 74.2 Å². The van der Waals surface area contributed by atoms with Crippen LogP contribution in [0.4, 0.5) is 10.5 Å². The van der Waals surface area contributed by atoms with Gasteiger partial charge < -0.3 is 15.7 Å². The van der Waals surface area contributed by atoms with Crippen molar-refractivity contribution in [3.05, 3.63) is 24.0 Å². The number of hydrogen-bond acceptors (Lipinski definition) is 3. The maximum atomic E-state index is 12.0. The fourth-order valence-electron chi connectivity index (χ4n) is 2.56. The lowest BCUT2D eigenvalue weighted by molar-refractivity contribution is 0.156. The van der Waals surface area contributed by atoms with Gasteiger partial charge >= 0.3 is 6.03 Å². The number of nitrogens with one attached hydrogen (secondary N) is 2. The second kappa shape index (κ2) is 6.52. The second-order valence-electron chi connectivity index (χ2n) is 5.12. The minimum absolute atomic E-state index is 0.0703. The van der Waals surface area contributed by atoms with Crippen LogP contribution in [0.15, 0.2) is 18.5 Å². The van der Waals surface area contributed by atoms with Gasteiger partial charge in [0, 0.05) is 36.6 Å². The van der Waals surface area contributed by atoms with Crippen molar-refractivity contribution in [3.63, 3.8) is 0 Å². The molecular weight excluding hydrogens is 242 g/mol. The average Bonchev–Trinajstić information content (AvgIpc) is 2.42. The Labute approximate surface area is 113 Å². The van der Waals surface area contributed by atoms with E-state index in [2.05, 4.69) is 15.6 Å². The summed E-state index contributed by atoms with van der Waals surface area (Å²) in [4.78, 5) is 16.0. The highest BCUT2D eigenvalue weighted by Crippen LogP contribution is 2.24. The highest BCUT2D eigenvalue weighted by molar-refractivity contribution is 5.90. The van der Waals surface area contributed by atoms with E-state index in [0.29, 0.717) is 0 Å². The van der Waals surface area contributed by atoms with Gasteiger partial charge in [0.05, 0.1) is 0 Å². The molecule has 0 spiro atoms. The first-order valence-electron chi connectivity index (χ1n) is 6.79. The van der Waals surface area contributed by atoms with Gasteiger partial charge in [-0.2, -0.15) is 0 Å². The third kappa shape index (κ3) is 3.67. The normalized spacial score (nSPS) is 22.8. The van der Waals surface area contributed by atoms with Crippen molar-refractivity contribution < 1.29 is 9.90 Å². The number of urea groups is 1. The fourth-order valence-corrected chi connectivity index (χ4v) is 2.56. The Morgan fingerprint density at radius 1 is 1.47 bits per heavy atom. The summed E-state index contributed by atoms with van der Waals surface area (Å²) in [5.74, 6) is 0.179. The van der Waals surface area contributed by atoms with E-state index in [1.165, 1.54) is 0 Å². The summed E-state index contributed by atoms with van der Waals surface area (Å²) >= 11 is 0. The van der Waals surface area contributed by atoms with E-state index in [0.717, 1.165) is 36.9 Å². The third-order valence-corrected chi connectivity index (χ3v) is 3.73. The zero-order valence-corrected chi connectivity index (χ0v) is 11.2. The van der Waals surface area contributed by atoms with Crippen LogP contribution in [0, 0.1) is 12.8 Å². The molecule has 0 bridgehead atoms. The van der Waals surface area contributed by atoms with Crippen molar-refractivity contribution in [2.24, 2.45) is 5.92 Å². The number of aliphatic hydroxyl groups excluding tert-OH is 1. The van der Waals surface area contributed by atoms with E-state index in [1.807, 2.05) is 6.92 Å². The number of aliphatic hydroxyl groups is 1. The number of carbonyl (C=O) groups excluding carboxylic acids is 1. The number of amides is 2. The van der Waals surface area contributed by atoms with Crippen molar-refractivity contribution in [2.45, 2.75) is 38.6 Å². The van der Waals surface area contributed by atoms with Gasteiger partial charge in [0.15, 0.2) is 0 Å². The largest absolute Gasteiger partial charge is 0.396 e. The fraction of sp³-hybridized carbons (Fsp3) is 0.571. The van der Waals surface area contributed by atoms with Crippen LogP contribution >= 0.6 is 0 Å². The molecule has 1 aliphatic carbocycles. The first kappa shape index (κ1) is 13.8. The Hall–Kier alpha value is -1.62. The summed E-state index contributed by atoms with van der Waals surface area (Å²) in [5.41, 5.74) is 1.70. The second-order valence-corrected chi connectivity index (χ2v) is 5.12. The third-order valence-electron chi connectivity index (χ3n) is 3.73. The lowest BCUT2D eigenvalue weighted by atomic mass is 9.85. The molecule has 5 heteroatoms. The van der Waals surface area contributed by atoms with Crippen molar-refractivity contribution in [1.29, 1.82) is 0 Å². The maximum Gasteiger partial charge on any atom is 0.319 e. The van der Waals surface area contributed by atoms with Crippen molar-refractivity contribution in [2.75, 3.05) is 11.9 Å². The smallest absolute Gasteiger partial charge is 0.319 e. The first-order chi connectivity index (χ1) is 9.20. The minimum atomic E-state index is -0.209. The lowest BCUT2D eigenvalue weighted by Gasteiger charge is -2.30. The van der Waals surface area contributed by atoms with E-state index in [-0.39, 0.29) is 24.6 Å². The van der Waals surface area contributed by atoms with Gasteiger partial charge in [-0.25, -0.2) is 4.79 Å². The summed E-state index contributed by atoms with van der Waals surface area (Å²) in [6.07, 6.45) is 7.53. The van der Waals surface area contributed by atoms with Gasteiger partial charge in [-0.15, -0.1) is 0 Å². The summed E-state index contributed by atoms with van der Waals surface area (Å²) in [6, 6.07) is 1.64. The van der Waals surface area contributed by atoms with Crippen molar-refractivity contribution >= 4 is 11.7 Å². The molecule has 1 fully saturated rings.